The van der Waals surface area contributed by atoms with Crippen LogP contribution < -0.4 is 5.32 Å². The summed E-state index contributed by atoms with van der Waals surface area (Å²) in [6.07, 6.45) is -0.0431. The molecule has 0 unspecified atom stereocenters. The van der Waals surface area contributed by atoms with Crippen molar-refractivity contribution in [3.63, 3.8) is 0 Å². The number of benzene rings is 1. The highest BCUT2D eigenvalue weighted by Gasteiger charge is 2.23. The molecule has 1 aromatic rings. The smallest absolute Gasteiger partial charge is 0.408 e. The number of ketones is 1. The lowest BCUT2D eigenvalue weighted by Gasteiger charge is -2.22. The van der Waals surface area contributed by atoms with Crippen LogP contribution in [0.1, 0.15) is 26.3 Å². The SMILES string of the molecule is CC(C)(C)OC(=O)N[C@@H](Cc1ccc([N+](=O)[O-])cc1)C(=O)C=N. The average molecular weight is 321 g/mol. The first-order chi connectivity index (χ1) is 10.6. The molecule has 0 saturated carbocycles. The van der Waals surface area contributed by atoms with Crippen LogP contribution in [0.5, 0.6) is 0 Å². The van der Waals surface area contributed by atoms with Gasteiger partial charge in [0.2, 0.25) is 0 Å². The molecule has 0 aromatic heterocycles. The van der Waals surface area contributed by atoms with Crippen molar-refractivity contribution in [1.82, 2.24) is 5.32 Å². The van der Waals surface area contributed by atoms with Gasteiger partial charge in [-0.05, 0) is 26.3 Å². The molecular weight excluding hydrogens is 302 g/mol. The summed E-state index contributed by atoms with van der Waals surface area (Å²) in [5, 5.41) is 20.1. The molecule has 124 valence electrons. The highest BCUT2D eigenvalue weighted by Crippen LogP contribution is 2.14. The summed E-state index contributed by atoms with van der Waals surface area (Å²) in [5.41, 5.74) is -0.161. The fraction of sp³-hybridized carbons (Fsp3) is 0.400. The zero-order valence-electron chi connectivity index (χ0n) is 13.2. The number of hydrogen-bond donors (Lipinski definition) is 2. The van der Waals surface area contributed by atoms with Gasteiger partial charge < -0.3 is 15.5 Å². The van der Waals surface area contributed by atoms with Crippen molar-refractivity contribution in [1.29, 1.82) is 5.41 Å². The number of nitro groups is 1. The van der Waals surface area contributed by atoms with Gasteiger partial charge in [-0.25, -0.2) is 4.79 Å². The number of carbonyl (C=O) groups is 2. The van der Waals surface area contributed by atoms with Crippen molar-refractivity contribution in [3.05, 3.63) is 39.9 Å². The summed E-state index contributed by atoms with van der Waals surface area (Å²) >= 11 is 0. The van der Waals surface area contributed by atoms with E-state index < -0.39 is 28.4 Å². The minimum absolute atomic E-state index is 0.0659. The fourth-order valence-electron chi connectivity index (χ4n) is 1.76. The number of ether oxygens (including phenoxy) is 1. The molecule has 0 heterocycles. The Kier molecular flexibility index (Phi) is 5.94. The molecule has 0 aliphatic heterocycles. The second-order valence-electron chi connectivity index (χ2n) is 5.87. The Balaban J connectivity index is 2.82. The van der Waals surface area contributed by atoms with Gasteiger partial charge in [0.05, 0.1) is 11.1 Å². The van der Waals surface area contributed by atoms with Crippen LogP contribution in [0, 0.1) is 15.5 Å². The summed E-state index contributed by atoms with van der Waals surface area (Å²) in [5.74, 6) is -0.589. The number of rotatable bonds is 6. The number of nitro benzene ring substituents is 1. The Labute approximate surface area is 133 Å². The van der Waals surface area contributed by atoms with Gasteiger partial charge in [0.1, 0.15) is 11.6 Å². The lowest BCUT2D eigenvalue weighted by Crippen LogP contribution is -2.45. The maximum Gasteiger partial charge on any atom is 0.408 e. The van der Waals surface area contributed by atoms with Gasteiger partial charge in [-0.2, -0.15) is 0 Å². The summed E-state index contributed by atoms with van der Waals surface area (Å²) < 4.78 is 5.08. The molecule has 8 heteroatoms. The van der Waals surface area contributed by atoms with Gasteiger partial charge in [-0.15, -0.1) is 0 Å². The van der Waals surface area contributed by atoms with Crippen LogP contribution >= 0.6 is 0 Å². The molecule has 0 saturated heterocycles. The Morgan fingerprint density at radius 2 is 1.91 bits per heavy atom. The summed E-state index contributed by atoms with van der Waals surface area (Å²) in [7, 11) is 0. The average Bonchev–Trinajstić information content (AvgIpc) is 2.44. The van der Waals surface area contributed by atoms with Crippen LogP contribution in [0.4, 0.5) is 10.5 Å². The van der Waals surface area contributed by atoms with Gasteiger partial charge in [-0.3, -0.25) is 14.9 Å². The molecule has 0 aliphatic carbocycles. The maximum absolute atomic E-state index is 11.8. The number of nitrogens with one attached hydrogen (secondary N) is 2. The van der Waals surface area contributed by atoms with Crippen molar-refractivity contribution in [2.24, 2.45) is 0 Å². The molecule has 1 aromatic carbocycles. The Morgan fingerprint density at radius 3 is 2.35 bits per heavy atom. The summed E-state index contributed by atoms with van der Waals surface area (Å²) in [4.78, 5) is 33.6. The molecule has 1 rings (SSSR count). The molecule has 2 N–H and O–H groups in total. The van der Waals surface area contributed by atoms with Gasteiger partial charge in [0, 0.05) is 18.6 Å². The number of Topliss-reactive ketones (excluding diaryl/α,β-unsaturated/α-hetero) is 1. The Hall–Kier alpha value is -2.77. The summed E-state index contributed by atoms with van der Waals surface area (Å²) in [6.45, 7) is 5.07. The van der Waals surface area contributed by atoms with E-state index in [2.05, 4.69) is 5.32 Å². The highest BCUT2D eigenvalue weighted by atomic mass is 16.6. The minimum atomic E-state index is -0.969. The highest BCUT2D eigenvalue weighted by molar-refractivity contribution is 6.29. The van der Waals surface area contributed by atoms with Crippen molar-refractivity contribution in [2.45, 2.75) is 38.8 Å². The van der Waals surface area contributed by atoms with E-state index in [0.29, 0.717) is 11.8 Å². The molecule has 0 radical (unpaired) electrons. The van der Waals surface area contributed by atoms with E-state index in [1.807, 2.05) is 0 Å². The third-order valence-electron chi connectivity index (χ3n) is 2.76. The zero-order valence-corrected chi connectivity index (χ0v) is 13.2. The van der Waals surface area contributed by atoms with Crippen molar-refractivity contribution in [3.8, 4) is 0 Å². The van der Waals surface area contributed by atoms with E-state index in [1.54, 1.807) is 20.8 Å². The topological polar surface area (TPSA) is 122 Å². The number of alkyl carbamates (subject to hydrolysis) is 1. The predicted octanol–water partition coefficient (Wildman–Crippen LogP) is 2.25. The van der Waals surface area contributed by atoms with Crippen molar-refractivity contribution in [2.75, 3.05) is 0 Å². The second kappa shape index (κ2) is 7.48. The van der Waals surface area contributed by atoms with E-state index in [9.17, 15) is 19.7 Å². The van der Waals surface area contributed by atoms with Crippen molar-refractivity contribution < 1.29 is 19.2 Å². The number of hydrogen-bond acceptors (Lipinski definition) is 6. The Morgan fingerprint density at radius 1 is 1.35 bits per heavy atom. The summed E-state index contributed by atoms with van der Waals surface area (Å²) in [6, 6.07) is 4.66. The monoisotopic (exact) mass is 321 g/mol. The third kappa shape index (κ3) is 6.25. The van der Waals surface area contributed by atoms with Crippen LogP contribution in [0.25, 0.3) is 0 Å². The van der Waals surface area contributed by atoms with Crippen LogP contribution in [-0.4, -0.2) is 34.7 Å². The van der Waals surface area contributed by atoms with Gasteiger partial charge >= 0.3 is 6.09 Å². The normalized spacial score (nSPS) is 12.1. The van der Waals surface area contributed by atoms with Crippen LogP contribution in [-0.2, 0) is 16.0 Å². The predicted molar refractivity (Wildman–Crippen MR) is 83.7 cm³/mol. The quantitative estimate of drug-likeness (QED) is 0.472. The first-order valence-electron chi connectivity index (χ1n) is 6.89. The van der Waals surface area contributed by atoms with E-state index >= 15 is 0 Å². The largest absolute Gasteiger partial charge is 0.444 e. The van der Waals surface area contributed by atoms with E-state index in [-0.39, 0.29) is 12.1 Å². The second-order valence-corrected chi connectivity index (χ2v) is 5.87. The number of nitrogens with zero attached hydrogens (tertiary/aromatic N) is 1. The maximum atomic E-state index is 11.8. The lowest BCUT2D eigenvalue weighted by atomic mass is 10.0. The van der Waals surface area contributed by atoms with Gasteiger partial charge in [0.15, 0.2) is 5.78 Å². The number of non-ortho nitro benzene ring substituents is 1. The molecular formula is C15H19N3O5. The molecule has 0 spiro atoms. The Bertz CT molecular complexity index is 605. The van der Waals surface area contributed by atoms with Crippen LogP contribution in [0.15, 0.2) is 24.3 Å². The molecule has 0 aliphatic rings. The zero-order chi connectivity index (χ0) is 17.6. The van der Waals surface area contributed by atoms with E-state index in [1.165, 1.54) is 24.3 Å². The first kappa shape index (κ1) is 18.3. The van der Waals surface area contributed by atoms with Crippen LogP contribution in [0.3, 0.4) is 0 Å². The number of carbonyl (C=O) groups excluding carboxylic acids is 2. The molecule has 8 nitrogen and oxygen atoms in total. The molecule has 1 amide bonds. The fourth-order valence-corrected chi connectivity index (χ4v) is 1.76. The first-order valence-corrected chi connectivity index (χ1v) is 6.89. The third-order valence-corrected chi connectivity index (χ3v) is 2.76. The molecule has 0 fully saturated rings. The van der Waals surface area contributed by atoms with Gasteiger partial charge in [0.25, 0.3) is 5.69 Å². The molecule has 1 atom stereocenters. The lowest BCUT2D eigenvalue weighted by molar-refractivity contribution is -0.384. The molecule has 0 bridgehead atoms. The van der Waals surface area contributed by atoms with E-state index in [0.717, 1.165) is 0 Å². The number of amides is 1. The van der Waals surface area contributed by atoms with E-state index in [4.69, 9.17) is 10.1 Å². The minimum Gasteiger partial charge on any atom is -0.444 e. The standard InChI is InChI=1S/C15H19N3O5/c1-15(2,3)23-14(20)17-12(13(19)9-16)8-10-4-6-11(7-5-10)18(21)22/h4-7,9,12,16H,8H2,1-3H3,(H,17,20)/t12-/m0/s1. The van der Waals surface area contributed by atoms with Crippen LogP contribution in [0.2, 0.25) is 0 Å². The molecule has 23 heavy (non-hydrogen) atoms. The van der Waals surface area contributed by atoms with Crippen molar-refractivity contribution >= 4 is 23.8 Å². The van der Waals surface area contributed by atoms with Gasteiger partial charge in [-0.1, -0.05) is 12.1 Å².